The Bertz CT molecular complexity index is 654. The lowest BCUT2D eigenvalue weighted by Crippen LogP contribution is -2.21. The van der Waals surface area contributed by atoms with Crippen LogP contribution in [0.1, 0.15) is 6.92 Å². The second kappa shape index (κ2) is 7.63. The second-order valence-electron chi connectivity index (χ2n) is 4.58. The van der Waals surface area contributed by atoms with Crippen molar-refractivity contribution in [2.24, 2.45) is 5.73 Å². The van der Waals surface area contributed by atoms with E-state index in [1.807, 2.05) is 48.5 Å². The molecule has 0 radical (unpaired) electrons. The lowest BCUT2D eigenvalue weighted by Gasteiger charge is -2.06. The van der Waals surface area contributed by atoms with Crippen molar-refractivity contribution in [2.75, 3.05) is 17.2 Å². The van der Waals surface area contributed by atoms with Gasteiger partial charge in [0, 0.05) is 28.1 Å². The van der Waals surface area contributed by atoms with Crippen LogP contribution in [-0.4, -0.2) is 18.4 Å². The first-order chi connectivity index (χ1) is 10.6. The van der Waals surface area contributed by atoms with Crippen LogP contribution in [0.2, 0.25) is 0 Å². The van der Waals surface area contributed by atoms with E-state index in [1.54, 1.807) is 11.8 Å². The summed E-state index contributed by atoms with van der Waals surface area (Å²) in [5.74, 6) is -0.301. The first-order valence-electron chi connectivity index (χ1n) is 6.72. The Balaban J connectivity index is 1.98. The van der Waals surface area contributed by atoms with Crippen molar-refractivity contribution in [3.05, 3.63) is 48.5 Å². The van der Waals surface area contributed by atoms with Crippen LogP contribution >= 0.6 is 11.8 Å². The van der Waals surface area contributed by atoms with Gasteiger partial charge < -0.3 is 16.4 Å². The number of hydrogen-bond acceptors (Lipinski definition) is 4. The van der Waals surface area contributed by atoms with Gasteiger partial charge in [0.1, 0.15) is 0 Å². The Morgan fingerprint density at radius 2 is 1.36 bits per heavy atom. The first-order valence-corrected chi connectivity index (χ1v) is 7.54. The molecule has 0 spiro atoms. The summed E-state index contributed by atoms with van der Waals surface area (Å²) in [6, 6.07) is 15.1. The smallest absolute Gasteiger partial charge is 0.238 e. The number of nitrogens with one attached hydrogen (secondary N) is 2. The first kappa shape index (κ1) is 16.1. The van der Waals surface area contributed by atoms with E-state index in [9.17, 15) is 9.59 Å². The summed E-state index contributed by atoms with van der Waals surface area (Å²) < 4.78 is 0. The van der Waals surface area contributed by atoms with Gasteiger partial charge in [-0.05, 0) is 48.5 Å². The molecule has 5 nitrogen and oxygen atoms in total. The van der Waals surface area contributed by atoms with Gasteiger partial charge in [-0.2, -0.15) is 0 Å². The van der Waals surface area contributed by atoms with Crippen molar-refractivity contribution in [2.45, 2.75) is 16.7 Å². The molecule has 0 saturated carbocycles. The van der Waals surface area contributed by atoms with E-state index in [1.165, 1.54) is 6.92 Å². The van der Waals surface area contributed by atoms with Gasteiger partial charge in [-0.3, -0.25) is 9.59 Å². The van der Waals surface area contributed by atoms with Gasteiger partial charge in [0.15, 0.2) is 0 Å². The van der Waals surface area contributed by atoms with Crippen molar-refractivity contribution in [3.63, 3.8) is 0 Å². The van der Waals surface area contributed by atoms with Crippen LogP contribution in [0.25, 0.3) is 0 Å². The standard InChI is InChI=1S/C16H17N3O2S/c1-11(20)18-12-2-6-14(7-3-12)22-15-8-4-13(5-9-15)19-16(21)10-17/h2-9H,10,17H2,1H3,(H,18,20)(H,19,21). The van der Waals surface area contributed by atoms with E-state index in [0.717, 1.165) is 21.2 Å². The number of carbonyl (C=O) groups excluding carboxylic acids is 2. The number of benzene rings is 2. The molecule has 0 unspecified atom stereocenters. The molecule has 0 atom stereocenters. The SMILES string of the molecule is CC(=O)Nc1ccc(Sc2ccc(NC(=O)CN)cc2)cc1. The van der Waals surface area contributed by atoms with E-state index in [2.05, 4.69) is 10.6 Å². The fourth-order valence-corrected chi connectivity index (χ4v) is 2.58. The number of hydrogen-bond donors (Lipinski definition) is 3. The summed E-state index contributed by atoms with van der Waals surface area (Å²) in [6.45, 7) is 1.45. The molecule has 22 heavy (non-hydrogen) atoms. The van der Waals surface area contributed by atoms with Crippen LogP contribution in [-0.2, 0) is 9.59 Å². The van der Waals surface area contributed by atoms with Gasteiger partial charge in [0.05, 0.1) is 6.54 Å². The van der Waals surface area contributed by atoms with Crippen LogP contribution in [0.5, 0.6) is 0 Å². The number of rotatable bonds is 5. The average molecular weight is 315 g/mol. The molecule has 4 N–H and O–H groups in total. The predicted octanol–water partition coefficient (Wildman–Crippen LogP) is 2.69. The number of carbonyl (C=O) groups is 2. The van der Waals surface area contributed by atoms with Crippen molar-refractivity contribution >= 4 is 35.0 Å². The highest BCUT2D eigenvalue weighted by Gasteiger charge is 2.02. The molecule has 0 aliphatic rings. The summed E-state index contributed by atoms with van der Waals surface area (Å²) in [5, 5.41) is 5.42. The minimum absolute atomic E-state index is 0.0306. The zero-order valence-corrected chi connectivity index (χ0v) is 12.9. The van der Waals surface area contributed by atoms with E-state index < -0.39 is 0 Å². The van der Waals surface area contributed by atoms with Gasteiger partial charge in [-0.1, -0.05) is 11.8 Å². The lowest BCUT2D eigenvalue weighted by molar-refractivity contribution is -0.115. The highest BCUT2D eigenvalue weighted by molar-refractivity contribution is 7.99. The van der Waals surface area contributed by atoms with Crippen molar-refractivity contribution in [3.8, 4) is 0 Å². The van der Waals surface area contributed by atoms with Gasteiger partial charge in [0.2, 0.25) is 11.8 Å². The lowest BCUT2D eigenvalue weighted by atomic mass is 10.3. The maximum absolute atomic E-state index is 11.2. The van der Waals surface area contributed by atoms with Crippen molar-refractivity contribution in [1.29, 1.82) is 0 Å². The normalized spacial score (nSPS) is 10.1. The molecule has 6 heteroatoms. The molecule has 2 aromatic carbocycles. The molecule has 114 valence electrons. The molecule has 2 amide bonds. The van der Waals surface area contributed by atoms with Crippen molar-refractivity contribution in [1.82, 2.24) is 0 Å². The van der Waals surface area contributed by atoms with E-state index >= 15 is 0 Å². The van der Waals surface area contributed by atoms with Gasteiger partial charge in [-0.15, -0.1) is 0 Å². The molecular weight excluding hydrogens is 298 g/mol. The predicted molar refractivity (Wildman–Crippen MR) is 89.0 cm³/mol. The maximum Gasteiger partial charge on any atom is 0.238 e. The Morgan fingerprint density at radius 3 is 1.77 bits per heavy atom. The molecule has 0 heterocycles. The number of amides is 2. The highest BCUT2D eigenvalue weighted by Crippen LogP contribution is 2.29. The summed E-state index contributed by atoms with van der Waals surface area (Å²) in [4.78, 5) is 24.3. The third-order valence-electron chi connectivity index (χ3n) is 2.73. The summed E-state index contributed by atoms with van der Waals surface area (Å²) >= 11 is 1.60. The van der Waals surface area contributed by atoms with E-state index in [-0.39, 0.29) is 18.4 Å². The summed E-state index contributed by atoms with van der Waals surface area (Å²) in [7, 11) is 0. The van der Waals surface area contributed by atoms with Crippen LogP contribution in [0, 0.1) is 0 Å². The van der Waals surface area contributed by atoms with Gasteiger partial charge >= 0.3 is 0 Å². The summed E-state index contributed by atoms with van der Waals surface area (Å²) in [6.07, 6.45) is 0. The number of nitrogens with two attached hydrogens (primary N) is 1. The molecule has 0 aromatic heterocycles. The van der Waals surface area contributed by atoms with Crippen molar-refractivity contribution < 1.29 is 9.59 Å². The minimum Gasteiger partial charge on any atom is -0.326 e. The molecule has 2 rings (SSSR count). The van der Waals surface area contributed by atoms with Crippen LogP contribution < -0.4 is 16.4 Å². The molecule has 2 aromatic rings. The third kappa shape index (κ3) is 4.91. The second-order valence-corrected chi connectivity index (χ2v) is 5.73. The largest absolute Gasteiger partial charge is 0.326 e. The zero-order chi connectivity index (χ0) is 15.9. The fraction of sp³-hybridized carbons (Fsp3) is 0.125. The summed E-state index contributed by atoms with van der Waals surface area (Å²) in [5.41, 5.74) is 6.75. The van der Waals surface area contributed by atoms with E-state index in [4.69, 9.17) is 5.73 Å². The molecule has 0 fully saturated rings. The Morgan fingerprint density at radius 1 is 0.909 bits per heavy atom. The third-order valence-corrected chi connectivity index (χ3v) is 3.75. The topological polar surface area (TPSA) is 84.2 Å². The van der Waals surface area contributed by atoms with E-state index in [0.29, 0.717) is 0 Å². The average Bonchev–Trinajstić information content (AvgIpc) is 2.50. The fourth-order valence-electron chi connectivity index (χ4n) is 1.76. The number of anilines is 2. The molecule has 0 aliphatic heterocycles. The monoisotopic (exact) mass is 315 g/mol. The molecular formula is C16H17N3O2S. The Labute approximate surface area is 133 Å². The van der Waals surface area contributed by atoms with Crippen LogP contribution in [0.4, 0.5) is 11.4 Å². The van der Waals surface area contributed by atoms with Crippen LogP contribution in [0.15, 0.2) is 58.3 Å². The quantitative estimate of drug-likeness (QED) is 0.792. The van der Waals surface area contributed by atoms with Gasteiger partial charge in [0.25, 0.3) is 0 Å². The molecule has 0 bridgehead atoms. The Hall–Kier alpha value is -2.31. The molecule has 0 saturated heterocycles. The zero-order valence-electron chi connectivity index (χ0n) is 12.1. The van der Waals surface area contributed by atoms with Crippen LogP contribution in [0.3, 0.4) is 0 Å². The molecule has 0 aliphatic carbocycles. The maximum atomic E-state index is 11.2. The Kier molecular flexibility index (Phi) is 5.57. The minimum atomic E-state index is -0.214. The van der Waals surface area contributed by atoms with Gasteiger partial charge in [-0.25, -0.2) is 0 Å². The highest BCUT2D eigenvalue weighted by atomic mass is 32.2.